The van der Waals surface area contributed by atoms with E-state index >= 15 is 0 Å². The van der Waals surface area contributed by atoms with Gasteiger partial charge in [0.1, 0.15) is 6.17 Å². The van der Waals surface area contributed by atoms with Crippen LogP contribution < -0.4 is 5.73 Å². The Balaban J connectivity index is 3.88. The highest BCUT2D eigenvalue weighted by molar-refractivity contribution is 5.92. The third kappa shape index (κ3) is 2.26. The maximum absolute atomic E-state index is 12.4. The number of rotatable bonds is 3. The molecule has 0 bridgehead atoms. The summed E-state index contributed by atoms with van der Waals surface area (Å²) in [6, 6.07) is 0. The van der Waals surface area contributed by atoms with Gasteiger partial charge in [-0.25, -0.2) is 4.39 Å². The Bertz CT molecular complexity index is 133. The first-order valence-electron chi connectivity index (χ1n) is 2.72. The van der Waals surface area contributed by atoms with Crippen LogP contribution in [0.25, 0.3) is 0 Å². The highest BCUT2D eigenvalue weighted by Crippen LogP contribution is 2.06. The second-order valence-corrected chi connectivity index (χ2v) is 1.77. The number of hydrogen-bond acceptors (Lipinski definition) is 1. The number of nitrogens with two attached hydrogens (primary N) is 1. The number of carbonyl (C=O) groups excluding carboxylic acids is 1. The molecule has 1 amide bonds. The third-order valence-corrected chi connectivity index (χ3v) is 1.05. The number of halogens is 1. The molecule has 1 unspecified atom stereocenters. The predicted octanol–water partition coefficient (Wildman–Crippen LogP) is 0.776. The molecule has 0 radical (unpaired) electrons. The van der Waals surface area contributed by atoms with Gasteiger partial charge in [0.15, 0.2) is 0 Å². The number of primary amides is 1. The normalized spacial score (nSPS) is 12.7. The molecule has 0 fully saturated rings. The molecule has 0 saturated carbocycles. The van der Waals surface area contributed by atoms with Gasteiger partial charge < -0.3 is 5.73 Å². The van der Waals surface area contributed by atoms with E-state index in [1.165, 1.54) is 0 Å². The van der Waals surface area contributed by atoms with E-state index in [9.17, 15) is 9.18 Å². The summed E-state index contributed by atoms with van der Waals surface area (Å²) >= 11 is 0. The van der Waals surface area contributed by atoms with Crippen molar-refractivity contribution in [2.75, 3.05) is 0 Å². The molecule has 0 rings (SSSR count). The van der Waals surface area contributed by atoms with Gasteiger partial charge in [-0.1, -0.05) is 13.5 Å². The van der Waals surface area contributed by atoms with Crippen LogP contribution in [0.4, 0.5) is 4.39 Å². The predicted molar refractivity (Wildman–Crippen MR) is 33.5 cm³/mol. The van der Waals surface area contributed by atoms with Crippen molar-refractivity contribution in [2.45, 2.75) is 19.5 Å². The van der Waals surface area contributed by atoms with Crippen LogP contribution >= 0.6 is 0 Å². The highest BCUT2D eigenvalue weighted by atomic mass is 19.1. The van der Waals surface area contributed by atoms with Crippen LogP contribution in [0, 0.1) is 0 Å². The van der Waals surface area contributed by atoms with E-state index in [1.54, 1.807) is 6.92 Å². The molecule has 0 aliphatic carbocycles. The molecule has 9 heavy (non-hydrogen) atoms. The summed E-state index contributed by atoms with van der Waals surface area (Å²) in [5.74, 6) is -0.760. The summed E-state index contributed by atoms with van der Waals surface area (Å²) in [4.78, 5) is 10.2. The molecule has 1 atom stereocenters. The minimum absolute atomic E-state index is 0.141. The molecule has 2 nitrogen and oxygen atoms in total. The van der Waals surface area contributed by atoms with E-state index < -0.39 is 12.1 Å². The van der Waals surface area contributed by atoms with Crippen molar-refractivity contribution in [1.29, 1.82) is 0 Å². The van der Waals surface area contributed by atoms with Crippen LogP contribution in [0.5, 0.6) is 0 Å². The van der Waals surface area contributed by atoms with E-state index in [1.807, 2.05) is 0 Å². The van der Waals surface area contributed by atoms with E-state index in [4.69, 9.17) is 5.73 Å². The SMILES string of the molecule is C=C(C(N)=O)C(F)CC. The smallest absolute Gasteiger partial charge is 0.246 e. The first-order valence-corrected chi connectivity index (χ1v) is 2.72. The van der Waals surface area contributed by atoms with Gasteiger partial charge in [-0.05, 0) is 6.42 Å². The Hall–Kier alpha value is -0.860. The Kier molecular flexibility index (Phi) is 2.91. The molecule has 2 N–H and O–H groups in total. The van der Waals surface area contributed by atoms with Gasteiger partial charge in [0, 0.05) is 5.57 Å². The molecule has 0 aliphatic rings. The summed E-state index contributed by atoms with van der Waals surface area (Å²) in [6.07, 6.45) is -1.02. The molecule has 0 aliphatic heterocycles. The summed E-state index contributed by atoms with van der Waals surface area (Å²) < 4.78 is 12.4. The number of alkyl halides is 1. The molecule has 0 heterocycles. The summed E-state index contributed by atoms with van der Waals surface area (Å²) in [6.45, 7) is 4.80. The first-order chi connectivity index (χ1) is 4.09. The average molecular weight is 131 g/mol. The fourth-order valence-electron chi connectivity index (χ4n) is 0.401. The highest BCUT2D eigenvalue weighted by Gasteiger charge is 2.12. The molecular weight excluding hydrogens is 121 g/mol. The average Bonchev–Trinajstić information content (AvgIpc) is 1.84. The molecular formula is C6H10FNO. The lowest BCUT2D eigenvalue weighted by atomic mass is 10.1. The van der Waals surface area contributed by atoms with E-state index in [0.717, 1.165) is 0 Å². The third-order valence-electron chi connectivity index (χ3n) is 1.05. The minimum Gasteiger partial charge on any atom is -0.366 e. The van der Waals surface area contributed by atoms with Crippen molar-refractivity contribution in [3.8, 4) is 0 Å². The Labute approximate surface area is 53.5 Å². The zero-order valence-electron chi connectivity index (χ0n) is 5.36. The summed E-state index contributed by atoms with van der Waals surface area (Å²) in [5.41, 5.74) is 4.59. The first kappa shape index (κ1) is 8.14. The zero-order chi connectivity index (χ0) is 7.44. The molecule has 0 aromatic rings. The monoisotopic (exact) mass is 131 g/mol. The summed E-state index contributed by atoms with van der Waals surface area (Å²) in [7, 11) is 0. The van der Waals surface area contributed by atoms with E-state index in [-0.39, 0.29) is 12.0 Å². The minimum atomic E-state index is -1.28. The fraction of sp³-hybridized carbons (Fsp3) is 0.500. The van der Waals surface area contributed by atoms with Gasteiger partial charge >= 0.3 is 0 Å². The Morgan fingerprint density at radius 2 is 2.33 bits per heavy atom. The fourth-order valence-corrected chi connectivity index (χ4v) is 0.401. The van der Waals surface area contributed by atoms with Crippen molar-refractivity contribution >= 4 is 5.91 Å². The molecule has 0 saturated heterocycles. The topological polar surface area (TPSA) is 43.1 Å². The van der Waals surface area contributed by atoms with Gasteiger partial charge in [0.25, 0.3) is 0 Å². The number of hydrogen-bond donors (Lipinski definition) is 1. The maximum atomic E-state index is 12.4. The van der Waals surface area contributed by atoms with E-state index in [0.29, 0.717) is 0 Å². The standard InChI is InChI=1S/C6H10FNO/c1-3-5(7)4(2)6(8)9/h5H,2-3H2,1H3,(H2,8,9). The van der Waals surface area contributed by atoms with Crippen molar-refractivity contribution in [3.05, 3.63) is 12.2 Å². The van der Waals surface area contributed by atoms with Gasteiger partial charge in [-0.15, -0.1) is 0 Å². The van der Waals surface area contributed by atoms with Gasteiger partial charge in [0.2, 0.25) is 5.91 Å². The Morgan fingerprint density at radius 3 is 2.44 bits per heavy atom. The lowest BCUT2D eigenvalue weighted by Gasteiger charge is -2.02. The largest absolute Gasteiger partial charge is 0.366 e. The molecule has 3 heteroatoms. The Morgan fingerprint density at radius 1 is 1.89 bits per heavy atom. The number of amides is 1. The number of carbonyl (C=O) groups is 1. The van der Waals surface area contributed by atoms with Crippen molar-refractivity contribution < 1.29 is 9.18 Å². The van der Waals surface area contributed by atoms with Gasteiger partial charge in [-0.3, -0.25) is 4.79 Å². The zero-order valence-corrected chi connectivity index (χ0v) is 5.36. The lowest BCUT2D eigenvalue weighted by Crippen LogP contribution is -2.19. The van der Waals surface area contributed by atoms with Crippen molar-refractivity contribution in [3.63, 3.8) is 0 Å². The molecule has 0 spiro atoms. The second-order valence-electron chi connectivity index (χ2n) is 1.77. The lowest BCUT2D eigenvalue weighted by molar-refractivity contribution is -0.115. The van der Waals surface area contributed by atoms with Crippen molar-refractivity contribution in [2.24, 2.45) is 5.73 Å². The maximum Gasteiger partial charge on any atom is 0.246 e. The molecule has 0 aromatic carbocycles. The molecule has 0 aromatic heterocycles. The van der Waals surface area contributed by atoms with Crippen LogP contribution in [-0.2, 0) is 4.79 Å². The van der Waals surface area contributed by atoms with Crippen LogP contribution in [0.1, 0.15) is 13.3 Å². The van der Waals surface area contributed by atoms with Gasteiger partial charge in [0.05, 0.1) is 0 Å². The van der Waals surface area contributed by atoms with Gasteiger partial charge in [-0.2, -0.15) is 0 Å². The van der Waals surface area contributed by atoms with Crippen molar-refractivity contribution in [1.82, 2.24) is 0 Å². The second kappa shape index (κ2) is 3.22. The van der Waals surface area contributed by atoms with E-state index in [2.05, 4.69) is 6.58 Å². The quantitative estimate of drug-likeness (QED) is 0.565. The van der Waals surface area contributed by atoms with Crippen LogP contribution in [0.3, 0.4) is 0 Å². The summed E-state index contributed by atoms with van der Waals surface area (Å²) in [5, 5.41) is 0. The van der Waals surface area contributed by atoms with Crippen LogP contribution in [0.2, 0.25) is 0 Å². The van der Waals surface area contributed by atoms with Crippen LogP contribution in [0.15, 0.2) is 12.2 Å². The molecule has 52 valence electrons. The van der Waals surface area contributed by atoms with Crippen LogP contribution in [-0.4, -0.2) is 12.1 Å².